The number of para-hydroxylation sites is 2. The van der Waals surface area contributed by atoms with Crippen molar-refractivity contribution in [2.24, 2.45) is 0 Å². The number of carboxylic acid groups (broad SMARTS) is 2. The molecule has 2 aromatic carbocycles. The monoisotopic (exact) mass is 763 g/mol. The van der Waals surface area contributed by atoms with E-state index in [1.165, 1.54) is 166 Å². The molecule has 0 spiro atoms. The Morgan fingerprint density at radius 2 is 0.642 bits per heavy atom. The Labute approximate surface area is 354 Å². The molecular formula is C46H74CaO6. The fraction of sp³-hybridized carbons (Fsp3) is 0.696. The van der Waals surface area contributed by atoms with Crippen molar-refractivity contribution < 1.29 is 30.0 Å². The van der Waals surface area contributed by atoms with Gasteiger partial charge in [0.1, 0.15) is 11.5 Å². The van der Waals surface area contributed by atoms with Gasteiger partial charge in [-0.05, 0) is 48.9 Å². The van der Waals surface area contributed by atoms with Crippen LogP contribution < -0.4 is 10.2 Å². The first-order valence-corrected chi connectivity index (χ1v) is 21.4. The molecule has 0 bridgehead atoms. The summed E-state index contributed by atoms with van der Waals surface area (Å²) in [6.07, 6.45) is 38.3. The van der Waals surface area contributed by atoms with Gasteiger partial charge in [-0.1, -0.05) is 205 Å². The van der Waals surface area contributed by atoms with E-state index >= 15 is 0 Å². The first-order valence-electron chi connectivity index (χ1n) is 21.4. The molecule has 6 nitrogen and oxygen atoms in total. The summed E-state index contributed by atoms with van der Waals surface area (Å²) in [5, 5.41) is 41.7. The summed E-state index contributed by atoms with van der Waals surface area (Å²) in [4.78, 5) is 21.8. The van der Waals surface area contributed by atoms with Crippen LogP contribution in [0.1, 0.15) is 225 Å². The zero-order chi connectivity index (χ0) is 38.1. The number of aromatic carboxylic acids is 2. The van der Waals surface area contributed by atoms with Crippen LogP contribution in [0.2, 0.25) is 0 Å². The molecule has 7 heteroatoms. The van der Waals surface area contributed by atoms with Crippen LogP contribution in [0.4, 0.5) is 0 Å². The van der Waals surface area contributed by atoms with Crippen LogP contribution in [0.5, 0.6) is 11.5 Å². The predicted octanol–water partition coefficient (Wildman–Crippen LogP) is 11.2. The fourth-order valence-electron chi connectivity index (χ4n) is 6.94. The van der Waals surface area contributed by atoms with E-state index in [-0.39, 0.29) is 60.4 Å². The van der Waals surface area contributed by atoms with E-state index in [1.807, 2.05) is 0 Å². The van der Waals surface area contributed by atoms with Gasteiger partial charge in [0.2, 0.25) is 0 Å². The van der Waals surface area contributed by atoms with E-state index in [2.05, 4.69) is 13.8 Å². The molecule has 0 aliphatic heterocycles. The van der Waals surface area contributed by atoms with Gasteiger partial charge in [-0.2, -0.15) is 0 Å². The number of carbonyl (C=O) groups excluding carboxylic acids is 2. The van der Waals surface area contributed by atoms with Crippen molar-refractivity contribution >= 4 is 49.7 Å². The maximum atomic E-state index is 10.9. The molecule has 2 rings (SSSR count). The molecule has 0 atom stereocenters. The largest absolute Gasteiger partial charge is 2.00 e. The average Bonchev–Trinajstić information content (AvgIpc) is 3.13. The van der Waals surface area contributed by atoms with Gasteiger partial charge in [-0.15, -0.1) is 0 Å². The number of aryl methyl sites for hydroxylation is 2. The molecule has 296 valence electrons. The van der Waals surface area contributed by atoms with Gasteiger partial charge in [-0.25, -0.2) is 0 Å². The van der Waals surface area contributed by atoms with Crippen LogP contribution in [-0.4, -0.2) is 59.9 Å². The third-order valence-corrected chi connectivity index (χ3v) is 10.3. The first kappa shape index (κ1) is 51.2. The van der Waals surface area contributed by atoms with Crippen LogP contribution in [0.15, 0.2) is 36.4 Å². The Bertz CT molecular complexity index is 1090. The van der Waals surface area contributed by atoms with Crippen molar-refractivity contribution in [3.8, 4) is 11.5 Å². The van der Waals surface area contributed by atoms with E-state index in [0.717, 1.165) is 38.5 Å². The molecule has 0 radical (unpaired) electrons. The number of unbranched alkanes of at least 4 members (excludes halogenated alkanes) is 26. The predicted molar refractivity (Wildman–Crippen MR) is 219 cm³/mol. The van der Waals surface area contributed by atoms with E-state index in [9.17, 15) is 30.0 Å². The number of aromatic hydroxyl groups is 2. The Hall–Kier alpha value is -1.76. The second kappa shape index (κ2) is 35.9. The van der Waals surface area contributed by atoms with Crippen LogP contribution in [0.3, 0.4) is 0 Å². The average molecular weight is 763 g/mol. The third kappa shape index (κ3) is 26.6. The molecular weight excluding hydrogens is 689 g/mol. The Morgan fingerprint density at radius 3 is 0.868 bits per heavy atom. The quantitative estimate of drug-likeness (QED) is 0.0565. The molecule has 0 heterocycles. The van der Waals surface area contributed by atoms with Crippen molar-refractivity contribution in [1.82, 2.24) is 0 Å². The SMILES string of the molecule is CCCCCCCCCCCCCCCCc1cccc(C(=O)[O-])c1O.CCCCCCCCCCCCCCCCc1cccc(C(=O)[O-])c1O.[Ca+2]. The molecule has 0 saturated carbocycles. The number of rotatable bonds is 32. The summed E-state index contributed by atoms with van der Waals surface area (Å²) in [5.74, 6) is -2.87. The Kier molecular flexibility index (Phi) is 34.7. The maximum absolute atomic E-state index is 10.9. The Morgan fingerprint density at radius 1 is 0.415 bits per heavy atom. The van der Waals surface area contributed by atoms with E-state index < -0.39 is 11.9 Å². The summed E-state index contributed by atoms with van der Waals surface area (Å²) >= 11 is 0. The number of benzene rings is 2. The normalized spacial score (nSPS) is 10.8. The zero-order valence-corrected chi connectivity index (χ0v) is 36.1. The van der Waals surface area contributed by atoms with Crippen LogP contribution in [0.25, 0.3) is 0 Å². The van der Waals surface area contributed by atoms with Crippen LogP contribution >= 0.6 is 0 Å². The molecule has 0 aliphatic carbocycles. The van der Waals surface area contributed by atoms with Gasteiger partial charge in [0.25, 0.3) is 0 Å². The van der Waals surface area contributed by atoms with Gasteiger partial charge >= 0.3 is 37.7 Å². The molecule has 0 aromatic heterocycles. The van der Waals surface area contributed by atoms with Crippen LogP contribution in [0, 0.1) is 0 Å². The number of carbonyl (C=O) groups is 2. The van der Waals surface area contributed by atoms with E-state index in [4.69, 9.17) is 0 Å². The summed E-state index contributed by atoms with van der Waals surface area (Å²) in [6.45, 7) is 4.52. The smallest absolute Gasteiger partial charge is 0.545 e. The van der Waals surface area contributed by atoms with Crippen LogP contribution in [-0.2, 0) is 12.8 Å². The van der Waals surface area contributed by atoms with Gasteiger partial charge in [-0.3, -0.25) is 0 Å². The molecule has 0 amide bonds. The van der Waals surface area contributed by atoms with Gasteiger partial charge in [0.15, 0.2) is 0 Å². The summed E-state index contributed by atoms with van der Waals surface area (Å²) in [7, 11) is 0. The third-order valence-electron chi connectivity index (χ3n) is 10.3. The van der Waals surface area contributed by atoms with E-state index in [0.29, 0.717) is 11.1 Å². The molecule has 0 fully saturated rings. The maximum Gasteiger partial charge on any atom is 2.00 e. The van der Waals surface area contributed by atoms with Gasteiger partial charge < -0.3 is 30.0 Å². The number of hydrogen-bond donors (Lipinski definition) is 2. The summed E-state index contributed by atoms with van der Waals surface area (Å²) in [5.41, 5.74) is 1.22. The summed E-state index contributed by atoms with van der Waals surface area (Å²) in [6, 6.07) is 9.71. The molecule has 2 aromatic rings. The molecule has 0 aliphatic rings. The van der Waals surface area contributed by atoms with Crippen molar-refractivity contribution in [2.75, 3.05) is 0 Å². The molecule has 53 heavy (non-hydrogen) atoms. The molecule has 2 N–H and O–H groups in total. The second-order valence-electron chi connectivity index (χ2n) is 14.9. The van der Waals surface area contributed by atoms with Gasteiger partial charge in [0.05, 0.1) is 11.9 Å². The Balaban J connectivity index is 0.00000100. The molecule has 0 unspecified atom stereocenters. The number of hydrogen-bond acceptors (Lipinski definition) is 6. The number of phenols is 2. The van der Waals surface area contributed by atoms with Crippen molar-refractivity contribution in [3.63, 3.8) is 0 Å². The van der Waals surface area contributed by atoms with Gasteiger partial charge in [0, 0.05) is 11.1 Å². The topological polar surface area (TPSA) is 121 Å². The minimum Gasteiger partial charge on any atom is -0.545 e. The minimum absolute atomic E-state index is 0. The van der Waals surface area contributed by atoms with Crippen molar-refractivity contribution in [1.29, 1.82) is 0 Å². The van der Waals surface area contributed by atoms with E-state index in [1.54, 1.807) is 24.3 Å². The molecule has 0 saturated heterocycles. The van der Waals surface area contributed by atoms with Crippen molar-refractivity contribution in [2.45, 2.75) is 206 Å². The summed E-state index contributed by atoms with van der Waals surface area (Å²) < 4.78 is 0. The standard InChI is InChI=1S/2C23H38O3.Ca/c2*1-2-3-4-5-6-7-8-9-10-11-12-13-14-15-17-20-18-16-19-21(22(20)24)23(25)26;/h2*16,18-19,24H,2-15,17H2,1H3,(H,25,26);/q;;+2/p-2. The number of carboxylic acids is 2. The second-order valence-corrected chi connectivity index (χ2v) is 14.9. The first-order chi connectivity index (χ1) is 25.3. The fourth-order valence-corrected chi connectivity index (χ4v) is 6.94. The minimum atomic E-state index is -1.31. The zero-order valence-electron chi connectivity index (χ0n) is 33.9. The van der Waals surface area contributed by atoms with Crippen molar-refractivity contribution in [3.05, 3.63) is 58.7 Å².